The Morgan fingerprint density at radius 1 is 1.28 bits per heavy atom. The first-order valence-corrected chi connectivity index (χ1v) is 6.42. The first-order valence-electron chi connectivity index (χ1n) is 5.35. The van der Waals surface area contributed by atoms with Gasteiger partial charge in [-0.2, -0.15) is 10.2 Å². The van der Waals surface area contributed by atoms with Crippen molar-refractivity contribution in [1.29, 1.82) is 0 Å². The fourth-order valence-corrected chi connectivity index (χ4v) is 2.31. The SMILES string of the molecule is Cn1nc(-c2ccccc2)c2c(=O)c(I)n[nH]c21. The van der Waals surface area contributed by atoms with Gasteiger partial charge in [-0.25, -0.2) is 0 Å². The molecule has 0 saturated carbocycles. The number of halogens is 1. The lowest BCUT2D eigenvalue weighted by atomic mass is 10.1. The van der Waals surface area contributed by atoms with Gasteiger partial charge < -0.3 is 0 Å². The van der Waals surface area contributed by atoms with Crippen LogP contribution in [-0.2, 0) is 7.05 Å². The van der Waals surface area contributed by atoms with Crippen molar-refractivity contribution in [2.45, 2.75) is 0 Å². The summed E-state index contributed by atoms with van der Waals surface area (Å²) in [5.74, 6) is 0. The molecule has 0 unspecified atom stereocenters. The molecule has 18 heavy (non-hydrogen) atoms. The number of aromatic nitrogens is 4. The summed E-state index contributed by atoms with van der Waals surface area (Å²) in [7, 11) is 1.79. The number of aryl methyl sites for hydroxylation is 1. The Balaban J connectivity index is 2.45. The molecule has 6 heteroatoms. The number of aromatic amines is 1. The average Bonchev–Trinajstić information content (AvgIpc) is 2.73. The number of rotatable bonds is 1. The molecule has 90 valence electrons. The van der Waals surface area contributed by atoms with Gasteiger partial charge in [0.25, 0.3) is 0 Å². The summed E-state index contributed by atoms with van der Waals surface area (Å²) >= 11 is 1.93. The highest BCUT2D eigenvalue weighted by Crippen LogP contribution is 2.23. The van der Waals surface area contributed by atoms with Crippen LogP contribution in [0.1, 0.15) is 0 Å². The van der Waals surface area contributed by atoms with Gasteiger partial charge in [0.1, 0.15) is 5.69 Å². The normalized spacial score (nSPS) is 11.0. The summed E-state index contributed by atoms with van der Waals surface area (Å²) in [6.45, 7) is 0. The van der Waals surface area contributed by atoms with Crippen molar-refractivity contribution in [3.05, 3.63) is 44.3 Å². The van der Waals surface area contributed by atoms with Crippen LogP contribution in [0.3, 0.4) is 0 Å². The van der Waals surface area contributed by atoms with E-state index in [1.807, 2.05) is 52.9 Å². The lowest BCUT2D eigenvalue weighted by Gasteiger charge is -1.96. The largest absolute Gasteiger partial charge is 0.286 e. The van der Waals surface area contributed by atoms with Crippen molar-refractivity contribution in [1.82, 2.24) is 20.0 Å². The Morgan fingerprint density at radius 3 is 2.72 bits per heavy atom. The highest BCUT2D eigenvalue weighted by atomic mass is 127. The fourth-order valence-electron chi connectivity index (χ4n) is 1.92. The molecule has 1 N–H and O–H groups in total. The molecule has 0 fully saturated rings. The third-order valence-electron chi connectivity index (χ3n) is 2.77. The van der Waals surface area contributed by atoms with Crippen molar-refractivity contribution in [2.75, 3.05) is 0 Å². The Hall–Kier alpha value is -1.70. The van der Waals surface area contributed by atoms with Crippen LogP contribution >= 0.6 is 22.6 Å². The van der Waals surface area contributed by atoms with E-state index in [0.717, 1.165) is 5.56 Å². The molecule has 2 aromatic heterocycles. The monoisotopic (exact) mass is 352 g/mol. The maximum atomic E-state index is 12.2. The molecule has 0 aliphatic heterocycles. The van der Waals surface area contributed by atoms with Crippen LogP contribution in [0.25, 0.3) is 22.3 Å². The summed E-state index contributed by atoms with van der Waals surface area (Å²) in [5, 5.41) is 11.8. The molecular weight excluding hydrogens is 343 g/mol. The quantitative estimate of drug-likeness (QED) is 0.681. The topological polar surface area (TPSA) is 63.6 Å². The Labute approximate surface area is 116 Å². The first-order chi connectivity index (χ1) is 8.68. The standard InChI is InChI=1S/C12H9IN4O/c1-17-12-8(10(18)11(13)14-15-12)9(16-17)7-5-3-2-4-6-7/h2-6H,1H3,(H,15,18). The predicted octanol–water partition coefficient (Wildman–Crippen LogP) is 1.93. The zero-order valence-electron chi connectivity index (χ0n) is 9.51. The minimum Gasteiger partial charge on any atom is -0.286 e. The van der Waals surface area contributed by atoms with Crippen molar-refractivity contribution < 1.29 is 0 Å². The smallest absolute Gasteiger partial charge is 0.225 e. The summed E-state index contributed by atoms with van der Waals surface area (Å²) < 4.78 is 2.06. The molecular formula is C12H9IN4O. The molecule has 3 aromatic rings. The van der Waals surface area contributed by atoms with E-state index in [2.05, 4.69) is 15.3 Å². The maximum absolute atomic E-state index is 12.2. The van der Waals surface area contributed by atoms with E-state index in [0.29, 0.717) is 20.4 Å². The van der Waals surface area contributed by atoms with Gasteiger partial charge in [-0.3, -0.25) is 14.6 Å². The Bertz CT molecular complexity index is 776. The van der Waals surface area contributed by atoms with E-state index in [-0.39, 0.29) is 5.43 Å². The van der Waals surface area contributed by atoms with Crippen molar-refractivity contribution >= 4 is 33.6 Å². The van der Waals surface area contributed by atoms with Crippen molar-refractivity contribution in [3.8, 4) is 11.3 Å². The molecule has 0 aliphatic carbocycles. The van der Waals surface area contributed by atoms with Crippen LogP contribution in [0, 0.1) is 3.70 Å². The molecule has 0 radical (unpaired) electrons. The van der Waals surface area contributed by atoms with Gasteiger partial charge in [0, 0.05) is 12.6 Å². The van der Waals surface area contributed by atoms with E-state index >= 15 is 0 Å². The zero-order chi connectivity index (χ0) is 12.7. The molecule has 5 nitrogen and oxygen atoms in total. The van der Waals surface area contributed by atoms with Gasteiger partial charge in [0.15, 0.2) is 9.35 Å². The number of nitrogens with zero attached hydrogens (tertiary/aromatic N) is 3. The third-order valence-corrected chi connectivity index (χ3v) is 3.50. The van der Waals surface area contributed by atoms with E-state index in [1.54, 1.807) is 11.7 Å². The van der Waals surface area contributed by atoms with Crippen LogP contribution in [0.4, 0.5) is 0 Å². The van der Waals surface area contributed by atoms with E-state index in [9.17, 15) is 4.79 Å². The van der Waals surface area contributed by atoms with E-state index in [1.165, 1.54) is 0 Å². The van der Waals surface area contributed by atoms with Crippen LogP contribution in [0.2, 0.25) is 0 Å². The number of fused-ring (bicyclic) bond motifs is 1. The minimum atomic E-state index is -0.0868. The van der Waals surface area contributed by atoms with Gasteiger partial charge in [0.2, 0.25) is 5.43 Å². The second-order valence-corrected chi connectivity index (χ2v) is 4.93. The van der Waals surface area contributed by atoms with Gasteiger partial charge in [-0.1, -0.05) is 30.3 Å². The van der Waals surface area contributed by atoms with Gasteiger partial charge in [0.05, 0.1) is 5.39 Å². The lowest BCUT2D eigenvalue weighted by molar-refractivity contribution is 0.779. The summed E-state index contributed by atoms with van der Waals surface area (Å²) in [5.41, 5.74) is 2.17. The fraction of sp³-hybridized carbons (Fsp3) is 0.0833. The molecule has 3 rings (SSSR count). The molecule has 0 bridgehead atoms. The molecule has 0 amide bonds. The second-order valence-electron chi connectivity index (χ2n) is 3.91. The van der Waals surface area contributed by atoms with Crippen molar-refractivity contribution in [2.24, 2.45) is 7.05 Å². The third kappa shape index (κ3) is 1.64. The molecule has 0 atom stereocenters. The lowest BCUT2D eigenvalue weighted by Crippen LogP contribution is -2.10. The van der Waals surface area contributed by atoms with Crippen molar-refractivity contribution in [3.63, 3.8) is 0 Å². The Kier molecular flexibility index (Phi) is 2.66. The van der Waals surface area contributed by atoms with E-state index in [4.69, 9.17) is 0 Å². The number of hydrogen-bond donors (Lipinski definition) is 1. The van der Waals surface area contributed by atoms with Gasteiger partial charge in [-0.05, 0) is 22.6 Å². The highest BCUT2D eigenvalue weighted by Gasteiger charge is 2.16. The first kappa shape index (κ1) is 11.4. The molecule has 1 aromatic carbocycles. The highest BCUT2D eigenvalue weighted by molar-refractivity contribution is 14.1. The number of hydrogen-bond acceptors (Lipinski definition) is 3. The average molecular weight is 352 g/mol. The summed E-state index contributed by atoms with van der Waals surface area (Å²) in [6, 6.07) is 9.67. The van der Waals surface area contributed by atoms with Gasteiger partial charge in [-0.15, -0.1) is 0 Å². The molecule has 0 aliphatic rings. The number of nitrogens with one attached hydrogen (secondary N) is 1. The van der Waals surface area contributed by atoms with Gasteiger partial charge >= 0.3 is 0 Å². The number of H-pyrrole nitrogens is 1. The molecule has 0 saturated heterocycles. The minimum absolute atomic E-state index is 0.0868. The molecule has 2 heterocycles. The zero-order valence-corrected chi connectivity index (χ0v) is 11.7. The van der Waals surface area contributed by atoms with Crippen LogP contribution in [0.15, 0.2) is 35.1 Å². The van der Waals surface area contributed by atoms with Crippen LogP contribution in [0.5, 0.6) is 0 Å². The molecule has 0 spiro atoms. The predicted molar refractivity (Wildman–Crippen MR) is 77.3 cm³/mol. The van der Waals surface area contributed by atoms with Crippen LogP contribution in [-0.4, -0.2) is 20.0 Å². The summed E-state index contributed by atoms with van der Waals surface area (Å²) in [6.07, 6.45) is 0. The van der Waals surface area contributed by atoms with E-state index < -0.39 is 0 Å². The second kappa shape index (κ2) is 4.20. The maximum Gasteiger partial charge on any atom is 0.225 e. The van der Waals surface area contributed by atoms with Crippen LogP contribution < -0.4 is 5.43 Å². The summed E-state index contributed by atoms with van der Waals surface area (Å²) in [4.78, 5) is 12.2. The number of benzene rings is 1. The Morgan fingerprint density at radius 2 is 2.00 bits per heavy atom.